The minimum atomic E-state index is -0.239. The minimum absolute atomic E-state index is 0.239. The Kier molecular flexibility index (Phi) is 4.02. The van der Waals surface area contributed by atoms with Crippen molar-refractivity contribution in [1.82, 2.24) is 10.3 Å². The molecule has 19 heavy (non-hydrogen) atoms. The van der Waals surface area contributed by atoms with E-state index >= 15 is 0 Å². The Morgan fingerprint density at radius 2 is 2.26 bits per heavy atom. The first-order chi connectivity index (χ1) is 9.18. The van der Waals surface area contributed by atoms with Crippen molar-refractivity contribution in [3.05, 3.63) is 42.0 Å². The molecule has 1 amide bonds. The van der Waals surface area contributed by atoms with Crippen LogP contribution in [0.4, 0.5) is 11.5 Å². The summed E-state index contributed by atoms with van der Waals surface area (Å²) in [6.45, 7) is 2.91. The summed E-state index contributed by atoms with van der Waals surface area (Å²) in [5.41, 5.74) is 7.47. The van der Waals surface area contributed by atoms with Gasteiger partial charge < -0.3 is 20.8 Å². The van der Waals surface area contributed by atoms with E-state index in [0.717, 1.165) is 5.56 Å². The third-order valence-electron chi connectivity index (χ3n) is 2.66. The number of nitrogens with two attached hydrogens (primary N) is 1. The first kappa shape index (κ1) is 12.9. The summed E-state index contributed by atoms with van der Waals surface area (Å²) in [6.07, 6.45) is 3.15. The van der Waals surface area contributed by atoms with Crippen LogP contribution in [0, 0.1) is 6.92 Å². The number of aromatic nitrogens is 1. The van der Waals surface area contributed by atoms with E-state index in [9.17, 15) is 4.79 Å². The number of carbonyl (C=O) groups excluding carboxylic acids is 1. The Labute approximate surface area is 111 Å². The molecule has 2 heterocycles. The Hall–Kier alpha value is -2.50. The maximum absolute atomic E-state index is 11.6. The van der Waals surface area contributed by atoms with Crippen LogP contribution in [-0.4, -0.2) is 24.0 Å². The summed E-state index contributed by atoms with van der Waals surface area (Å²) in [4.78, 5) is 15.7. The number of nitrogen functional groups attached to an aromatic ring is 1. The van der Waals surface area contributed by atoms with Crippen molar-refractivity contribution in [3.8, 4) is 0 Å². The molecule has 0 unspecified atom stereocenters. The van der Waals surface area contributed by atoms with Gasteiger partial charge in [-0.3, -0.25) is 4.79 Å². The van der Waals surface area contributed by atoms with Crippen molar-refractivity contribution >= 4 is 17.4 Å². The van der Waals surface area contributed by atoms with Gasteiger partial charge in [-0.25, -0.2) is 4.98 Å². The van der Waals surface area contributed by atoms with Gasteiger partial charge in [-0.15, -0.1) is 0 Å². The Morgan fingerprint density at radius 3 is 3.00 bits per heavy atom. The summed E-state index contributed by atoms with van der Waals surface area (Å²) < 4.78 is 4.98. The molecule has 0 spiro atoms. The van der Waals surface area contributed by atoms with Crippen LogP contribution in [0.1, 0.15) is 16.1 Å². The first-order valence-corrected chi connectivity index (χ1v) is 5.95. The molecular weight excluding hydrogens is 244 g/mol. The Balaban J connectivity index is 1.78. The zero-order chi connectivity index (χ0) is 13.7. The topological polar surface area (TPSA) is 93.2 Å². The minimum Gasteiger partial charge on any atom is -0.459 e. The summed E-state index contributed by atoms with van der Waals surface area (Å²) in [6, 6.07) is 5.13. The number of rotatable bonds is 5. The molecule has 2 aromatic heterocycles. The summed E-state index contributed by atoms with van der Waals surface area (Å²) >= 11 is 0. The number of pyridine rings is 1. The molecule has 0 saturated heterocycles. The molecule has 0 aromatic carbocycles. The van der Waals surface area contributed by atoms with Crippen molar-refractivity contribution in [3.63, 3.8) is 0 Å². The number of carbonyl (C=O) groups is 1. The molecule has 100 valence electrons. The fourth-order valence-corrected chi connectivity index (χ4v) is 1.56. The molecule has 0 aliphatic heterocycles. The standard InChI is InChI=1S/C13H16N4O2/c1-9-4-5-15-12(11(9)14)16-6-7-17-13(18)10-3-2-8-19-10/h2-5,8H,6-7,14H2,1H3,(H,15,16)(H,17,18). The van der Waals surface area contributed by atoms with Crippen LogP contribution >= 0.6 is 0 Å². The van der Waals surface area contributed by atoms with E-state index in [2.05, 4.69) is 15.6 Å². The third kappa shape index (κ3) is 3.25. The van der Waals surface area contributed by atoms with Gasteiger partial charge in [0.1, 0.15) is 5.82 Å². The second-order valence-corrected chi connectivity index (χ2v) is 4.05. The predicted molar refractivity (Wildman–Crippen MR) is 72.9 cm³/mol. The van der Waals surface area contributed by atoms with Crippen LogP contribution < -0.4 is 16.4 Å². The van der Waals surface area contributed by atoms with Gasteiger partial charge in [0, 0.05) is 19.3 Å². The van der Waals surface area contributed by atoms with E-state index in [1.54, 1.807) is 18.3 Å². The highest BCUT2D eigenvalue weighted by atomic mass is 16.3. The maximum Gasteiger partial charge on any atom is 0.287 e. The summed E-state index contributed by atoms with van der Waals surface area (Å²) in [5.74, 6) is 0.692. The highest BCUT2D eigenvalue weighted by Gasteiger charge is 2.07. The third-order valence-corrected chi connectivity index (χ3v) is 2.66. The number of furan rings is 1. The quantitative estimate of drug-likeness (QED) is 0.707. The zero-order valence-electron chi connectivity index (χ0n) is 10.6. The van der Waals surface area contributed by atoms with E-state index in [4.69, 9.17) is 10.2 Å². The van der Waals surface area contributed by atoms with E-state index in [-0.39, 0.29) is 5.91 Å². The van der Waals surface area contributed by atoms with Gasteiger partial charge in [0.15, 0.2) is 5.76 Å². The maximum atomic E-state index is 11.6. The average molecular weight is 260 g/mol. The number of amides is 1. The molecule has 0 aliphatic rings. The Bertz CT molecular complexity index is 552. The number of anilines is 2. The zero-order valence-corrected chi connectivity index (χ0v) is 10.6. The van der Waals surface area contributed by atoms with E-state index in [1.165, 1.54) is 6.26 Å². The summed E-state index contributed by atoms with van der Waals surface area (Å²) in [5, 5.41) is 5.80. The predicted octanol–water partition coefficient (Wildman–Crippen LogP) is 1.41. The number of nitrogens with one attached hydrogen (secondary N) is 2. The van der Waals surface area contributed by atoms with Gasteiger partial charge in [0.25, 0.3) is 5.91 Å². The van der Waals surface area contributed by atoms with Gasteiger partial charge in [0.05, 0.1) is 12.0 Å². The lowest BCUT2D eigenvalue weighted by atomic mass is 10.2. The van der Waals surface area contributed by atoms with Gasteiger partial charge in [0.2, 0.25) is 0 Å². The highest BCUT2D eigenvalue weighted by molar-refractivity contribution is 5.91. The first-order valence-electron chi connectivity index (χ1n) is 5.95. The molecule has 0 radical (unpaired) electrons. The van der Waals surface area contributed by atoms with Crippen LogP contribution in [0.3, 0.4) is 0 Å². The average Bonchev–Trinajstić information content (AvgIpc) is 2.93. The number of nitrogens with zero attached hydrogens (tertiary/aromatic N) is 1. The molecule has 4 N–H and O–H groups in total. The Morgan fingerprint density at radius 1 is 1.42 bits per heavy atom. The molecule has 2 rings (SSSR count). The largest absolute Gasteiger partial charge is 0.459 e. The monoisotopic (exact) mass is 260 g/mol. The smallest absolute Gasteiger partial charge is 0.287 e. The molecule has 6 heteroatoms. The van der Waals surface area contributed by atoms with Crippen LogP contribution in [0.25, 0.3) is 0 Å². The van der Waals surface area contributed by atoms with Gasteiger partial charge in [-0.2, -0.15) is 0 Å². The fourth-order valence-electron chi connectivity index (χ4n) is 1.56. The molecule has 0 fully saturated rings. The van der Waals surface area contributed by atoms with Crippen LogP contribution in [0.15, 0.2) is 35.1 Å². The van der Waals surface area contributed by atoms with Crippen LogP contribution in [-0.2, 0) is 0 Å². The van der Waals surface area contributed by atoms with Crippen LogP contribution in [0.2, 0.25) is 0 Å². The van der Waals surface area contributed by atoms with Gasteiger partial charge >= 0.3 is 0 Å². The lowest BCUT2D eigenvalue weighted by Crippen LogP contribution is -2.28. The normalized spacial score (nSPS) is 10.2. The number of aryl methyl sites for hydroxylation is 1. The molecule has 0 aliphatic carbocycles. The molecule has 0 atom stereocenters. The van der Waals surface area contributed by atoms with E-state index in [0.29, 0.717) is 30.4 Å². The van der Waals surface area contributed by atoms with Crippen molar-refractivity contribution < 1.29 is 9.21 Å². The van der Waals surface area contributed by atoms with Crippen molar-refractivity contribution in [1.29, 1.82) is 0 Å². The van der Waals surface area contributed by atoms with Crippen molar-refractivity contribution in [2.24, 2.45) is 0 Å². The van der Waals surface area contributed by atoms with E-state index in [1.807, 2.05) is 13.0 Å². The fraction of sp³-hybridized carbons (Fsp3) is 0.231. The highest BCUT2D eigenvalue weighted by Crippen LogP contribution is 2.17. The van der Waals surface area contributed by atoms with Gasteiger partial charge in [-0.1, -0.05) is 0 Å². The van der Waals surface area contributed by atoms with Crippen LogP contribution in [0.5, 0.6) is 0 Å². The molecule has 2 aromatic rings. The lowest BCUT2D eigenvalue weighted by Gasteiger charge is -2.10. The molecular formula is C13H16N4O2. The second kappa shape index (κ2) is 5.90. The van der Waals surface area contributed by atoms with Gasteiger partial charge in [-0.05, 0) is 30.7 Å². The summed E-state index contributed by atoms with van der Waals surface area (Å²) in [7, 11) is 0. The second-order valence-electron chi connectivity index (χ2n) is 4.05. The molecule has 6 nitrogen and oxygen atoms in total. The number of hydrogen-bond donors (Lipinski definition) is 3. The molecule has 0 bridgehead atoms. The SMILES string of the molecule is Cc1ccnc(NCCNC(=O)c2ccco2)c1N. The van der Waals surface area contributed by atoms with E-state index < -0.39 is 0 Å². The van der Waals surface area contributed by atoms with Crippen molar-refractivity contribution in [2.45, 2.75) is 6.92 Å². The molecule has 0 saturated carbocycles. The lowest BCUT2D eigenvalue weighted by molar-refractivity contribution is 0.0927. The number of hydrogen-bond acceptors (Lipinski definition) is 5. The van der Waals surface area contributed by atoms with Crippen molar-refractivity contribution in [2.75, 3.05) is 24.1 Å².